The highest BCUT2D eigenvalue weighted by Crippen LogP contribution is 2.28. The highest BCUT2D eigenvalue weighted by atomic mass is 19.4. The molecule has 0 aromatic heterocycles. The molecule has 0 heterocycles. The summed E-state index contributed by atoms with van der Waals surface area (Å²) in [7, 11) is 0. The summed E-state index contributed by atoms with van der Waals surface area (Å²) in [5.74, 6) is -0.573. The molecule has 0 aliphatic rings. The summed E-state index contributed by atoms with van der Waals surface area (Å²) in [6.45, 7) is 2.80. The first-order chi connectivity index (χ1) is 7.81. The van der Waals surface area contributed by atoms with Crippen molar-refractivity contribution < 1.29 is 27.4 Å². The quantitative estimate of drug-likeness (QED) is 0.707. The molecule has 0 fully saturated rings. The maximum absolute atomic E-state index is 11.8. The highest BCUT2D eigenvalue weighted by molar-refractivity contribution is 5.77. The van der Waals surface area contributed by atoms with Crippen molar-refractivity contribution in [2.24, 2.45) is 11.1 Å². The van der Waals surface area contributed by atoms with Gasteiger partial charge in [0.1, 0.15) is 0 Å². The number of carbonyl (C=O) groups is 1. The van der Waals surface area contributed by atoms with Gasteiger partial charge in [-0.05, 0) is 19.8 Å². The van der Waals surface area contributed by atoms with E-state index in [9.17, 15) is 18.0 Å². The fourth-order valence-electron chi connectivity index (χ4n) is 1.40. The Hall–Kier alpha value is -0.820. The van der Waals surface area contributed by atoms with Crippen LogP contribution in [0.15, 0.2) is 0 Å². The van der Waals surface area contributed by atoms with Gasteiger partial charge in [-0.25, -0.2) is 0 Å². The molecule has 2 N–H and O–H groups in total. The van der Waals surface area contributed by atoms with E-state index < -0.39 is 24.4 Å². The van der Waals surface area contributed by atoms with Crippen molar-refractivity contribution in [3.05, 3.63) is 0 Å². The van der Waals surface area contributed by atoms with Gasteiger partial charge in [0.2, 0.25) is 0 Å². The first kappa shape index (κ1) is 16.2. The normalized spacial score (nSPS) is 15.4. The summed E-state index contributed by atoms with van der Waals surface area (Å²) in [6.07, 6.45) is -4.50. The molecule has 0 bridgehead atoms. The number of hydrogen-bond acceptors (Lipinski definition) is 4. The van der Waals surface area contributed by atoms with Crippen molar-refractivity contribution in [1.82, 2.24) is 0 Å². The molecule has 0 aliphatic heterocycles. The minimum atomic E-state index is -4.69. The summed E-state index contributed by atoms with van der Waals surface area (Å²) in [5, 5.41) is 0. The number of hydrogen-bond donors (Lipinski definition) is 1. The fraction of sp³-hybridized carbons (Fsp3) is 0.900. The van der Waals surface area contributed by atoms with Crippen LogP contribution in [0.5, 0.6) is 0 Å². The number of rotatable bonds is 7. The minimum Gasteiger partial charge on any atom is -0.466 e. The van der Waals surface area contributed by atoms with Crippen molar-refractivity contribution in [3.8, 4) is 0 Å². The van der Waals surface area contributed by atoms with Crippen LogP contribution in [-0.4, -0.2) is 32.1 Å². The summed E-state index contributed by atoms with van der Waals surface area (Å²) in [6, 6.07) is 0. The SMILES string of the molecule is CCOC(=O)C(CC)(CN)CCOC(F)(F)F. The Morgan fingerprint density at radius 2 is 1.88 bits per heavy atom. The molecule has 0 aliphatic carbocycles. The van der Waals surface area contributed by atoms with Crippen LogP contribution in [0, 0.1) is 5.41 Å². The maximum Gasteiger partial charge on any atom is 0.522 e. The van der Waals surface area contributed by atoms with Gasteiger partial charge < -0.3 is 10.5 Å². The van der Waals surface area contributed by atoms with E-state index in [2.05, 4.69) is 4.74 Å². The number of halogens is 3. The standard InChI is InChI=1S/C10H18F3NO3/c1-3-9(7-14,8(15)16-4-2)5-6-17-10(11,12)13/h3-7,14H2,1-2H3. The number of carbonyl (C=O) groups excluding carboxylic acids is 1. The maximum atomic E-state index is 11.8. The van der Waals surface area contributed by atoms with Crippen molar-refractivity contribution in [2.75, 3.05) is 19.8 Å². The van der Waals surface area contributed by atoms with Crippen LogP contribution in [0.1, 0.15) is 26.7 Å². The molecular formula is C10H18F3NO3. The van der Waals surface area contributed by atoms with E-state index in [-0.39, 0.29) is 19.6 Å². The van der Waals surface area contributed by atoms with Crippen molar-refractivity contribution in [3.63, 3.8) is 0 Å². The third-order valence-corrected chi connectivity index (χ3v) is 2.62. The van der Waals surface area contributed by atoms with E-state index >= 15 is 0 Å². The Morgan fingerprint density at radius 1 is 1.29 bits per heavy atom. The lowest BCUT2D eigenvalue weighted by Gasteiger charge is -2.28. The van der Waals surface area contributed by atoms with Crippen molar-refractivity contribution in [1.29, 1.82) is 0 Å². The van der Waals surface area contributed by atoms with Crippen LogP contribution >= 0.6 is 0 Å². The van der Waals surface area contributed by atoms with E-state index in [1.807, 2.05) is 0 Å². The number of esters is 1. The third kappa shape index (κ3) is 5.36. The molecule has 17 heavy (non-hydrogen) atoms. The Labute approximate surface area is 98.2 Å². The largest absolute Gasteiger partial charge is 0.522 e. The number of ether oxygens (including phenoxy) is 2. The lowest BCUT2D eigenvalue weighted by atomic mass is 9.82. The zero-order valence-electron chi connectivity index (χ0n) is 9.97. The van der Waals surface area contributed by atoms with Gasteiger partial charge in [0, 0.05) is 6.54 Å². The average Bonchev–Trinajstić information content (AvgIpc) is 2.23. The summed E-state index contributed by atoms with van der Waals surface area (Å²) >= 11 is 0. The van der Waals surface area contributed by atoms with E-state index in [4.69, 9.17) is 10.5 Å². The second-order valence-corrected chi connectivity index (χ2v) is 3.60. The Bertz CT molecular complexity index is 239. The van der Waals surface area contributed by atoms with Gasteiger partial charge in [-0.3, -0.25) is 9.53 Å². The lowest BCUT2D eigenvalue weighted by Crippen LogP contribution is -2.41. The highest BCUT2D eigenvalue weighted by Gasteiger charge is 2.38. The fourth-order valence-corrected chi connectivity index (χ4v) is 1.40. The van der Waals surface area contributed by atoms with E-state index in [1.165, 1.54) is 0 Å². The van der Waals surface area contributed by atoms with E-state index in [0.717, 1.165) is 0 Å². The summed E-state index contributed by atoms with van der Waals surface area (Å²) in [5.41, 5.74) is 4.37. The van der Waals surface area contributed by atoms with E-state index in [1.54, 1.807) is 13.8 Å². The van der Waals surface area contributed by atoms with Crippen LogP contribution in [-0.2, 0) is 14.3 Å². The Balaban J connectivity index is 4.46. The summed E-state index contributed by atoms with van der Waals surface area (Å²) < 4.78 is 43.9. The van der Waals surface area contributed by atoms with Gasteiger partial charge in [0.05, 0.1) is 18.6 Å². The lowest BCUT2D eigenvalue weighted by molar-refractivity contribution is -0.326. The van der Waals surface area contributed by atoms with Gasteiger partial charge in [0.25, 0.3) is 0 Å². The van der Waals surface area contributed by atoms with Gasteiger partial charge in [-0.1, -0.05) is 6.92 Å². The monoisotopic (exact) mass is 257 g/mol. The predicted octanol–water partition coefficient (Wildman–Crippen LogP) is 1.83. The van der Waals surface area contributed by atoms with Gasteiger partial charge in [-0.2, -0.15) is 0 Å². The molecule has 0 saturated heterocycles. The number of nitrogens with two attached hydrogens (primary N) is 1. The topological polar surface area (TPSA) is 61.5 Å². The molecular weight excluding hydrogens is 239 g/mol. The smallest absolute Gasteiger partial charge is 0.466 e. The zero-order chi connectivity index (χ0) is 13.5. The molecule has 1 unspecified atom stereocenters. The van der Waals surface area contributed by atoms with Crippen molar-refractivity contribution in [2.45, 2.75) is 33.1 Å². The molecule has 0 saturated carbocycles. The average molecular weight is 257 g/mol. The second-order valence-electron chi connectivity index (χ2n) is 3.60. The third-order valence-electron chi connectivity index (χ3n) is 2.62. The molecule has 0 rings (SSSR count). The number of alkyl halides is 3. The van der Waals surface area contributed by atoms with Crippen LogP contribution in [0.25, 0.3) is 0 Å². The van der Waals surface area contributed by atoms with E-state index in [0.29, 0.717) is 6.42 Å². The molecule has 4 nitrogen and oxygen atoms in total. The molecule has 7 heteroatoms. The molecule has 1 atom stereocenters. The summed E-state index contributed by atoms with van der Waals surface area (Å²) in [4.78, 5) is 11.6. The second kappa shape index (κ2) is 6.80. The molecule has 0 radical (unpaired) electrons. The van der Waals surface area contributed by atoms with Crippen LogP contribution < -0.4 is 5.73 Å². The Morgan fingerprint density at radius 3 is 2.24 bits per heavy atom. The van der Waals surface area contributed by atoms with Crippen LogP contribution in [0.2, 0.25) is 0 Å². The van der Waals surface area contributed by atoms with Gasteiger partial charge >= 0.3 is 12.3 Å². The van der Waals surface area contributed by atoms with Crippen LogP contribution in [0.3, 0.4) is 0 Å². The van der Waals surface area contributed by atoms with Gasteiger partial charge in [-0.15, -0.1) is 13.2 Å². The van der Waals surface area contributed by atoms with Crippen molar-refractivity contribution >= 4 is 5.97 Å². The minimum absolute atomic E-state index is 0.0659. The zero-order valence-corrected chi connectivity index (χ0v) is 9.97. The van der Waals surface area contributed by atoms with Gasteiger partial charge in [0.15, 0.2) is 0 Å². The Kier molecular flexibility index (Phi) is 6.48. The molecule has 0 spiro atoms. The molecule has 102 valence electrons. The molecule has 0 aromatic carbocycles. The first-order valence-corrected chi connectivity index (χ1v) is 5.39. The molecule has 0 aromatic rings. The predicted molar refractivity (Wildman–Crippen MR) is 55.0 cm³/mol. The van der Waals surface area contributed by atoms with Crippen LogP contribution in [0.4, 0.5) is 13.2 Å². The molecule has 0 amide bonds. The first-order valence-electron chi connectivity index (χ1n) is 5.39.